The summed E-state index contributed by atoms with van der Waals surface area (Å²) in [6.45, 7) is 9.18. The molecule has 0 nitrogen and oxygen atoms in total. The molecule has 0 rings (SSSR count). The van der Waals surface area contributed by atoms with Gasteiger partial charge in [-0.05, 0) is 24.7 Å². The summed E-state index contributed by atoms with van der Waals surface area (Å²) in [5, 5.41) is 0. The lowest BCUT2D eigenvalue weighted by atomic mass is 9.93. The van der Waals surface area contributed by atoms with Crippen LogP contribution < -0.4 is 0 Å². The normalized spacial score (nSPS) is 16.3. The Labute approximate surface area is 84.4 Å². The van der Waals surface area contributed by atoms with E-state index in [9.17, 15) is 0 Å². The molecule has 0 aliphatic rings. The first-order valence-electron chi connectivity index (χ1n) is 5.89. The van der Waals surface area contributed by atoms with Gasteiger partial charge in [-0.25, -0.2) is 0 Å². The van der Waals surface area contributed by atoms with Crippen LogP contribution in [-0.4, -0.2) is 0 Å². The predicted octanol–water partition coefficient (Wildman–Crippen LogP) is 4.81. The van der Waals surface area contributed by atoms with E-state index in [4.69, 9.17) is 0 Å². The summed E-state index contributed by atoms with van der Waals surface area (Å²) in [5.41, 5.74) is 0. The van der Waals surface area contributed by atoms with Gasteiger partial charge in [0.25, 0.3) is 0 Å². The van der Waals surface area contributed by atoms with Gasteiger partial charge in [-0.15, -0.1) is 0 Å². The maximum Gasteiger partial charge on any atom is -0.0236 e. The Morgan fingerprint density at radius 1 is 1.08 bits per heavy atom. The number of allylic oxidation sites excluding steroid dienone is 2. The molecule has 0 fully saturated rings. The van der Waals surface area contributed by atoms with Crippen LogP contribution in [0.4, 0.5) is 0 Å². The standard InChI is InChI=1S/C13H26/c1-5-7-8-9-10-11-13(4)12(3)6-2/h10-13H,5-9H2,1-4H3/b11-10+. The average Bonchev–Trinajstić information content (AvgIpc) is 2.16. The summed E-state index contributed by atoms with van der Waals surface area (Å²) in [4.78, 5) is 0. The lowest BCUT2D eigenvalue weighted by Gasteiger charge is -2.13. The quantitative estimate of drug-likeness (QED) is 0.392. The second-order valence-electron chi connectivity index (χ2n) is 4.17. The van der Waals surface area contributed by atoms with Crippen LogP contribution in [0.5, 0.6) is 0 Å². The first-order chi connectivity index (χ1) is 6.22. The van der Waals surface area contributed by atoms with Crippen molar-refractivity contribution in [3.8, 4) is 0 Å². The third-order valence-corrected chi connectivity index (χ3v) is 2.96. The first-order valence-corrected chi connectivity index (χ1v) is 5.89. The van der Waals surface area contributed by atoms with E-state index < -0.39 is 0 Å². The molecular formula is C13H26. The zero-order valence-corrected chi connectivity index (χ0v) is 9.84. The highest BCUT2D eigenvalue weighted by atomic mass is 14.1. The van der Waals surface area contributed by atoms with E-state index in [1.54, 1.807) is 0 Å². The van der Waals surface area contributed by atoms with Crippen LogP contribution in [0.3, 0.4) is 0 Å². The van der Waals surface area contributed by atoms with Crippen LogP contribution in [0.15, 0.2) is 12.2 Å². The van der Waals surface area contributed by atoms with Crippen molar-refractivity contribution in [2.24, 2.45) is 11.8 Å². The molecule has 13 heavy (non-hydrogen) atoms. The van der Waals surface area contributed by atoms with Crippen LogP contribution in [-0.2, 0) is 0 Å². The van der Waals surface area contributed by atoms with Gasteiger partial charge in [-0.1, -0.05) is 59.1 Å². The molecule has 0 aliphatic carbocycles. The molecule has 0 spiro atoms. The highest BCUT2D eigenvalue weighted by Gasteiger charge is 2.04. The Kier molecular flexibility index (Phi) is 8.18. The fourth-order valence-electron chi connectivity index (χ4n) is 1.38. The molecule has 0 saturated carbocycles. The van der Waals surface area contributed by atoms with Crippen molar-refractivity contribution in [3.05, 3.63) is 12.2 Å². The second kappa shape index (κ2) is 8.34. The van der Waals surface area contributed by atoms with E-state index in [1.165, 1.54) is 32.1 Å². The molecule has 0 N–H and O–H groups in total. The number of rotatable bonds is 7. The number of hydrogen-bond donors (Lipinski definition) is 0. The van der Waals surface area contributed by atoms with Crippen LogP contribution in [0, 0.1) is 11.8 Å². The maximum atomic E-state index is 2.39. The van der Waals surface area contributed by atoms with E-state index >= 15 is 0 Å². The van der Waals surface area contributed by atoms with Gasteiger partial charge >= 0.3 is 0 Å². The van der Waals surface area contributed by atoms with Gasteiger partial charge in [-0.2, -0.15) is 0 Å². The van der Waals surface area contributed by atoms with E-state index in [-0.39, 0.29) is 0 Å². The van der Waals surface area contributed by atoms with Gasteiger partial charge in [0.2, 0.25) is 0 Å². The average molecular weight is 182 g/mol. The molecule has 0 amide bonds. The molecule has 0 radical (unpaired) electrons. The fraction of sp³-hybridized carbons (Fsp3) is 0.846. The maximum absolute atomic E-state index is 2.39. The van der Waals surface area contributed by atoms with Crippen LogP contribution in [0.1, 0.15) is 59.8 Å². The minimum Gasteiger partial charge on any atom is -0.0883 e. The molecule has 2 atom stereocenters. The van der Waals surface area contributed by atoms with Gasteiger partial charge in [0.05, 0.1) is 0 Å². The van der Waals surface area contributed by atoms with Gasteiger partial charge in [0.15, 0.2) is 0 Å². The van der Waals surface area contributed by atoms with Crippen LogP contribution in [0.25, 0.3) is 0 Å². The predicted molar refractivity (Wildman–Crippen MR) is 61.9 cm³/mol. The molecular weight excluding hydrogens is 156 g/mol. The highest BCUT2D eigenvalue weighted by molar-refractivity contribution is 4.88. The topological polar surface area (TPSA) is 0 Å². The van der Waals surface area contributed by atoms with Crippen molar-refractivity contribution in [1.29, 1.82) is 0 Å². The molecule has 0 aromatic rings. The molecule has 0 heteroatoms. The molecule has 2 unspecified atom stereocenters. The van der Waals surface area contributed by atoms with Crippen molar-refractivity contribution in [1.82, 2.24) is 0 Å². The molecule has 0 aromatic carbocycles. The van der Waals surface area contributed by atoms with Gasteiger partial charge in [-0.3, -0.25) is 0 Å². The van der Waals surface area contributed by atoms with E-state index in [0.29, 0.717) is 0 Å². The Morgan fingerprint density at radius 3 is 2.31 bits per heavy atom. The van der Waals surface area contributed by atoms with Crippen LogP contribution in [0.2, 0.25) is 0 Å². The summed E-state index contributed by atoms with van der Waals surface area (Å²) in [7, 11) is 0. The fourth-order valence-corrected chi connectivity index (χ4v) is 1.38. The monoisotopic (exact) mass is 182 g/mol. The van der Waals surface area contributed by atoms with Crippen molar-refractivity contribution in [3.63, 3.8) is 0 Å². The van der Waals surface area contributed by atoms with E-state index in [2.05, 4.69) is 39.8 Å². The highest BCUT2D eigenvalue weighted by Crippen LogP contribution is 2.16. The first kappa shape index (κ1) is 12.7. The molecule has 78 valence electrons. The van der Waals surface area contributed by atoms with E-state index in [0.717, 1.165) is 11.8 Å². The molecule has 0 aliphatic heterocycles. The Morgan fingerprint density at radius 2 is 1.77 bits per heavy atom. The Hall–Kier alpha value is -0.260. The number of hydrogen-bond acceptors (Lipinski definition) is 0. The summed E-state index contributed by atoms with van der Waals surface area (Å²) in [6.07, 6.45) is 11.4. The molecule has 0 bridgehead atoms. The van der Waals surface area contributed by atoms with Crippen LogP contribution >= 0.6 is 0 Å². The SMILES string of the molecule is CCCCC/C=C/C(C)C(C)CC. The third kappa shape index (κ3) is 6.86. The zero-order chi connectivity index (χ0) is 10.1. The summed E-state index contributed by atoms with van der Waals surface area (Å²) in [5.74, 6) is 1.59. The second-order valence-corrected chi connectivity index (χ2v) is 4.17. The van der Waals surface area contributed by atoms with Crippen molar-refractivity contribution in [2.75, 3.05) is 0 Å². The zero-order valence-electron chi connectivity index (χ0n) is 9.84. The van der Waals surface area contributed by atoms with Crippen molar-refractivity contribution in [2.45, 2.75) is 59.8 Å². The smallest absolute Gasteiger partial charge is 0.0236 e. The summed E-state index contributed by atoms with van der Waals surface area (Å²) < 4.78 is 0. The molecule has 0 heterocycles. The van der Waals surface area contributed by atoms with E-state index in [1.807, 2.05) is 0 Å². The van der Waals surface area contributed by atoms with Gasteiger partial charge in [0, 0.05) is 0 Å². The Balaban J connectivity index is 3.47. The van der Waals surface area contributed by atoms with Gasteiger partial charge in [0.1, 0.15) is 0 Å². The minimum absolute atomic E-state index is 0.756. The lowest BCUT2D eigenvalue weighted by molar-refractivity contribution is 0.445. The number of unbranched alkanes of at least 4 members (excludes halogenated alkanes) is 3. The molecule has 0 saturated heterocycles. The Bertz CT molecular complexity index is 124. The lowest BCUT2D eigenvalue weighted by Crippen LogP contribution is -2.02. The van der Waals surface area contributed by atoms with Crippen molar-refractivity contribution < 1.29 is 0 Å². The minimum atomic E-state index is 0.756. The molecule has 0 aromatic heterocycles. The summed E-state index contributed by atoms with van der Waals surface area (Å²) >= 11 is 0. The van der Waals surface area contributed by atoms with Crippen molar-refractivity contribution >= 4 is 0 Å². The largest absolute Gasteiger partial charge is 0.0883 e. The third-order valence-electron chi connectivity index (χ3n) is 2.96. The van der Waals surface area contributed by atoms with Gasteiger partial charge < -0.3 is 0 Å². The summed E-state index contributed by atoms with van der Waals surface area (Å²) in [6, 6.07) is 0.